The second kappa shape index (κ2) is 7.02. The largest absolute Gasteiger partial charge is 0.342 e. The molecule has 1 saturated heterocycles. The van der Waals surface area contributed by atoms with Crippen molar-refractivity contribution < 1.29 is 9.59 Å². The molecular weight excluding hydrogens is 248 g/mol. The third-order valence-corrected chi connectivity index (χ3v) is 4.40. The van der Waals surface area contributed by atoms with Gasteiger partial charge in [0.15, 0.2) is 0 Å². The Bertz CT molecular complexity index is 309. The fraction of sp³-hybridized carbons (Fsp3) is 0.846. The van der Waals surface area contributed by atoms with E-state index >= 15 is 0 Å². The Morgan fingerprint density at radius 2 is 2.11 bits per heavy atom. The van der Waals surface area contributed by atoms with Crippen LogP contribution in [0.25, 0.3) is 0 Å². The molecule has 104 valence electrons. The predicted octanol–water partition coefficient (Wildman–Crippen LogP) is 1.65. The van der Waals surface area contributed by atoms with Crippen LogP contribution in [-0.2, 0) is 9.59 Å². The van der Waals surface area contributed by atoms with Gasteiger partial charge in [-0.15, -0.1) is 0 Å². The third kappa shape index (κ3) is 3.90. The molecular formula is C13H24N2O2S. The smallest absolute Gasteiger partial charge is 0.248 e. The summed E-state index contributed by atoms with van der Waals surface area (Å²) in [7, 11) is 0. The minimum Gasteiger partial charge on any atom is -0.342 e. The lowest BCUT2D eigenvalue weighted by atomic mass is 9.97. The van der Waals surface area contributed by atoms with Gasteiger partial charge < -0.3 is 10.2 Å². The van der Waals surface area contributed by atoms with E-state index in [1.165, 1.54) is 0 Å². The Morgan fingerprint density at radius 3 is 2.72 bits per heavy atom. The maximum atomic E-state index is 12.4. The summed E-state index contributed by atoms with van der Waals surface area (Å²) in [5.41, 5.74) is -0.717. The Labute approximate surface area is 114 Å². The highest BCUT2D eigenvalue weighted by molar-refractivity contribution is 7.99. The lowest BCUT2D eigenvalue weighted by Gasteiger charge is -2.31. The van der Waals surface area contributed by atoms with Gasteiger partial charge in [-0.1, -0.05) is 13.8 Å². The molecule has 18 heavy (non-hydrogen) atoms. The van der Waals surface area contributed by atoms with Crippen LogP contribution in [0.2, 0.25) is 0 Å². The molecule has 1 unspecified atom stereocenters. The number of carbonyl (C=O) groups excluding carboxylic acids is 2. The van der Waals surface area contributed by atoms with E-state index in [1.807, 2.05) is 30.5 Å². The van der Waals surface area contributed by atoms with Crippen molar-refractivity contribution in [1.82, 2.24) is 10.2 Å². The van der Waals surface area contributed by atoms with Crippen LogP contribution in [0.1, 0.15) is 40.0 Å². The van der Waals surface area contributed by atoms with Crippen molar-refractivity contribution in [1.29, 1.82) is 0 Å². The topological polar surface area (TPSA) is 49.4 Å². The number of nitrogens with zero attached hydrogens (tertiary/aromatic N) is 1. The van der Waals surface area contributed by atoms with Crippen LogP contribution >= 0.6 is 11.8 Å². The Morgan fingerprint density at radius 1 is 1.39 bits per heavy atom. The number of carbonyl (C=O) groups is 2. The summed E-state index contributed by atoms with van der Waals surface area (Å²) >= 11 is 1.89. The van der Waals surface area contributed by atoms with E-state index in [1.54, 1.807) is 0 Å². The number of hydrogen-bond donors (Lipinski definition) is 1. The van der Waals surface area contributed by atoms with Gasteiger partial charge in [-0.2, -0.15) is 11.8 Å². The summed E-state index contributed by atoms with van der Waals surface area (Å²) in [6.45, 7) is 7.22. The zero-order chi connectivity index (χ0) is 13.6. The first-order valence-electron chi connectivity index (χ1n) is 6.71. The van der Waals surface area contributed by atoms with Crippen LogP contribution in [0.4, 0.5) is 0 Å². The lowest BCUT2D eigenvalue weighted by molar-refractivity contribution is -0.138. The Hall–Kier alpha value is -0.710. The van der Waals surface area contributed by atoms with Gasteiger partial charge in [-0.25, -0.2) is 0 Å². The monoisotopic (exact) mass is 272 g/mol. The summed E-state index contributed by atoms with van der Waals surface area (Å²) in [5, 5.41) is 2.85. The van der Waals surface area contributed by atoms with Gasteiger partial charge in [0.1, 0.15) is 5.54 Å². The van der Waals surface area contributed by atoms with E-state index in [0.29, 0.717) is 19.4 Å². The molecule has 0 aromatic carbocycles. The number of nitrogens with one attached hydrogen (secondary N) is 1. The molecule has 0 spiro atoms. The molecule has 1 rings (SSSR count). The van der Waals surface area contributed by atoms with Gasteiger partial charge in [-0.05, 0) is 31.3 Å². The van der Waals surface area contributed by atoms with E-state index in [4.69, 9.17) is 0 Å². The third-order valence-electron chi connectivity index (χ3n) is 3.41. The Kier molecular flexibility index (Phi) is 5.99. The zero-order valence-electron chi connectivity index (χ0n) is 11.6. The van der Waals surface area contributed by atoms with Crippen molar-refractivity contribution in [2.75, 3.05) is 24.6 Å². The second-order valence-electron chi connectivity index (χ2n) is 4.83. The molecule has 1 atom stereocenters. The first-order valence-corrected chi connectivity index (χ1v) is 7.87. The summed E-state index contributed by atoms with van der Waals surface area (Å²) in [4.78, 5) is 25.9. The highest BCUT2D eigenvalue weighted by Gasteiger charge is 2.38. The van der Waals surface area contributed by atoms with Gasteiger partial charge >= 0.3 is 0 Å². The molecule has 2 amide bonds. The molecule has 1 heterocycles. The van der Waals surface area contributed by atoms with Crippen LogP contribution in [0.5, 0.6) is 0 Å². The standard InChI is InChI=1S/C13H24N2O2S/c1-4-13(3)12(17)15(8-6-10-18-5-2)9-7-11(16)14-13/h4-10H2,1-3H3,(H,14,16). The van der Waals surface area contributed by atoms with Crippen molar-refractivity contribution in [2.45, 2.75) is 45.6 Å². The van der Waals surface area contributed by atoms with Crippen LogP contribution < -0.4 is 5.32 Å². The Balaban J connectivity index is 2.61. The molecule has 5 heteroatoms. The number of thioether (sulfide) groups is 1. The van der Waals surface area contributed by atoms with E-state index in [2.05, 4.69) is 12.2 Å². The molecule has 0 aromatic heterocycles. The predicted molar refractivity (Wildman–Crippen MR) is 75.7 cm³/mol. The number of rotatable bonds is 6. The maximum absolute atomic E-state index is 12.4. The van der Waals surface area contributed by atoms with Crippen LogP contribution in [-0.4, -0.2) is 46.8 Å². The van der Waals surface area contributed by atoms with Crippen LogP contribution in [0, 0.1) is 0 Å². The van der Waals surface area contributed by atoms with E-state index in [0.717, 1.165) is 24.5 Å². The molecule has 1 N–H and O–H groups in total. The van der Waals surface area contributed by atoms with E-state index in [9.17, 15) is 9.59 Å². The van der Waals surface area contributed by atoms with E-state index < -0.39 is 5.54 Å². The van der Waals surface area contributed by atoms with Crippen molar-refractivity contribution in [3.63, 3.8) is 0 Å². The molecule has 0 radical (unpaired) electrons. The fourth-order valence-electron chi connectivity index (χ4n) is 2.07. The molecule has 0 bridgehead atoms. The highest BCUT2D eigenvalue weighted by Crippen LogP contribution is 2.18. The van der Waals surface area contributed by atoms with Crippen molar-refractivity contribution in [3.8, 4) is 0 Å². The normalized spacial score (nSPS) is 24.9. The molecule has 0 aliphatic carbocycles. The summed E-state index contributed by atoms with van der Waals surface area (Å²) in [6, 6.07) is 0. The highest BCUT2D eigenvalue weighted by atomic mass is 32.2. The summed E-state index contributed by atoms with van der Waals surface area (Å²) < 4.78 is 0. The average molecular weight is 272 g/mol. The average Bonchev–Trinajstić information content (AvgIpc) is 2.46. The zero-order valence-corrected chi connectivity index (χ0v) is 12.4. The van der Waals surface area contributed by atoms with E-state index in [-0.39, 0.29) is 11.8 Å². The fourth-order valence-corrected chi connectivity index (χ4v) is 2.69. The molecule has 0 saturated carbocycles. The lowest BCUT2D eigenvalue weighted by Crippen LogP contribution is -2.54. The van der Waals surface area contributed by atoms with Crippen molar-refractivity contribution in [3.05, 3.63) is 0 Å². The summed E-state index contributed by atoms with van der Waals surface area (Å²) in [5.74, 6) is 2.24. The quantitative estimate of drug-likeness (QED) is 0.748. The number of hydrogen-bond acceptors (Lipinski definition) is 3. The van der Waals surface area contributed by atoms with Gasteiger partial charge in [0, 0.05) is 19.5 Å². The first-order chi connectivity index (χ1) is 8.53. The van der Waals surface area contributed by atoms with Crippen LogP contribution in [0.15, 0.2) is 0 Å². The first kappa shape index (κ1) is 15.3. The minimum absolute atomic E-state index is 0.0156. The molecule has 1 fully saturated rings. The SMILES string of the molecule is CCSCCCN1CCC(=O)NC(C)(CC)C1=O. The van der Waals surface area contributed by atoms with Gasteiger partial charge in [0.05, 0.1) is 0 Å². The van der Waals surface area contributed by atoms with Crippen molar-refractivity contribution in [2.24, 2.45) is 0 Å². The van der Waals surface area contributed by atoms with Gasteiger partial charge in [0.25, 0.3) is 0 Å². The van der Waals surface area contributed by atoms with Gasteiger partial charge in [-0.3, -0.25) is 9.59 Å². The van der Waals surface area contributed by atoms with Crippen molar-refractivity contribution >= 4 is 23.6 Å². The summed E-state index contributed by atoms with van der Waals surface area (Å²) in [6.07, 6.45) is 2.05. The second-order valence-corrected chi connectivity index (χ2v) is 6.22. The van der Waals surface area contributed by atoms with Crippen LogP contribution in [0.3, 0.4) is 0 Å². The maximum Gasteiger partial charge on any atom is 0.248 e. The molecule has 4 nitrogen and oxygen atoms in total. The minimum atomic E-state index is -0.717. The van der Waals surface area contributed by atoms with Gasteiger partial charge in [0.2, 0.25) is 11.8 Å². The molecule has 1 aliphatic rings. The molecule has 1 aliphatic heterocycles. The number of amides is 2. The molecule has 0 aromatic rings.